The molecule has 0 aromatic heterocycles. The van der Waals surface area contributed by atoms with Crippen molar-refractivity contribution in [2.45, 2.75) is 52.1 Å². The first kappa shape index (κ1) is 15.3. The van der Waals surface area contributed by atoms with Gasteiger partial charge in [0.15, 0.2) is 0 Å². The summed E-state index contributed by atoms with van der Waals surface area (Å²) in [6, 6.07) is 5.81. The summed E-state index contributed by atoms with van der Waals surface area (Å²) < 4.78 is 14.2. The Bertz CT molecular complexity index is 425. The summed E-state index contributed by atoms with van der Waals surface area (Å²) in [6.07, 6.45) is 5.24. The van der Waals surface area contributed by atoms with Gasteiger partial charge in [0, 0.05) is 26.2 Å². The van der Waals surface area contributed by atoms with Crippen LogP contribution in [-0.2, 0) is 6.54 Å². The highest BCUT2D eigenvalue weighted by Crippen LogP contribution is 2.29. The first-order chi connectivity index (χ1) is 9.58. The molecular formula is C17H27FN2. The predicted molar refractivity (Wildman–Crippen MR) is 83.6 cm³/mol. The van der Waals surface area contributed by atoms with Crippen LogP contribution in [0.1, 0.15) is 45.1 Å². The van der Waals surface area contributed by atoms with Gasteiger partial charge in [-0.05, 0) is 30.4 Å². The summed E-state index contributed by atoms with van der Waals surface area (Å²) >= 11 is 0. The molecule has 3 heteroatoms. The van der Waals surface area contributed by atoms with Crippen molar-refractivity contribution in [2.75, 3.05) is 18.5 Å². The first-order valence-corrected chi connectivity index (χ1v) is 7.80. The molecule has 1 fully saturated rings. The highest BCUT2D eigenvalue weighted by molar-refractivity contribution is 5.54. The van der Waals surface area contributed by atoms with Crippen LogP contribution in [-0.4, -0.2) is 19.6 Å². The Kier molecular flexibility index (Phi) is 5.41. The topological polar surface area (TPSA) is 15.3 Å². The zero-order valence-electron chi connectivity index (χ0n) is 13.0. The fourth-order valence-electron chi connectivity index (χ4n) is 3.12. The average molecular weight is 278 g/mol. The van der Waals surface area contributed by atoms with E-state index in [9.17, 15) is 4.39 Å². The second kappa shape index (κ2) is 7.07. The molecule has 0 heterocycles. The number of nitrogens with one attached hydrogen (secondary N) is 1. The number of hydrogen-bond donors (Lipinski definition) is 1. The van der Waals surface area contributed by atoms with Gasteiger partial charge in [0.1, 0.15) is 5.82 Å². The molecule has 1 aliphatic carbocycles. The molecule has 1 N–H and O–H groups in total. The monoisotopic (exact) mass is 278 g/mol. The predicted octanol–water partition coefficient (Wildman–Crippen LogP) is 3.95. The van der Waals surface area contributed by atoms with Crippen LogP contribution < -0.4 is 10.2 Å². The number of halogens is 1. The Morgan fingerprint density at radius 1 is 1.30 bits per heavy atom. The largest absolute Gasteiger partial charge is 0.372 e. The summed E-state index contributed by atoms with van der Waals surface area (Å²) in [6.45, 7) is 5.91. The van der Waals surface area contributed by atoms with Gasteiger partial charge < -0.3 is 10.2 Å². The van der Waals surface area contributed by atoms with E-state index in [2.05, 4.69) is 24.1 Å². The molecule has 0 spiro atoms. The van der Waals surface area contributed by atoms with E-state index in [-0.39, 0.29) is 5.82 Å². The Morgan fingerprint density at radius 2 is 2.00 bits per heavy atom. The number of anilines is 1. The number of nitrogens with zero attached hydrogens (tertiary/aromatic N) is 1. The molecule has 1 aromatic rings. The molecule has 112 valence electrons. The van der Waals surface area contributed by atoms with Crippen molar-refractivity contribution >= 4 is 5.69 Å². The normalized spacial score (nSPS) is 16.1. The molecule has 0 aliphatic heterocycles. The summed E-state index contributed by atoms with van der Waals surface area (Å²) in [5.41, 5.74) is 1.83. The van der Waals surface area contributed by atoms with Crippen molar-refractivity contribution in [3.8, 4) is 0 Å². The Balaban J connectivity index is 2.10. The smallest absolute Gasteiger partial charge is 0.146 e. The van der Waals surface area contributed by atoms with Crippen LogP contribution in [0, 0.1) is 11.7 Å². The summed E-state index contributed by atoms with van der Waals surface area (Å²) in [7, 11) is 2.02. The summed E-state index contributed by atoms with van der Waals surface area (Å²) in [4.78, 5) is 2.11. The number of hydrogen-bond acceptors (Lipinski definition) is 2. The van der Waals surface area contributed by atoms with E-state index in [1.807, 2.05) is 13.1 Å². The number of rotatable bonds is 6. The van der Waals surface area contributed by atoms with Gasteiger partial charge in [-0.2, -0.15) is 0 Å². The second-order valence-corrected chi connectivity index (χ2v) is 6.31. The maximum absolute atomic E-state index is 14.2. The molecule has 1 aliphatic rings. The molecule has 0 saturated heterocycles. The number of benzene rings is 1. The van der Waals surface area contributed by atoms with Gasteiger partial charge >= 0.3 is 0 Å². The maximum atomic E-state index is 14.2. The Morgan fingerprint density at radius 3 is 2.65 bits per heavy atom. The SMILES string of the molecule is CC(C)NCc1cccc(F)c1N(C)CC1CCCC1. The van der Waals surface area contributed by atoms with Crippen LogP contribution in [0.5, 0.6) is 0 Å². The molecule has 0 radical (unpaired) electrons. The minimum Gasteiger partial charge on any atom is -0.372 e. The van der Waals surface area contributed by atoms with E-state index < -0.39 is 0 Å². The molecule has 0 bridgehead atoms. The third-order valence-corrected chi connectivity index (χ3v) is 4.16. The lowest BCUT2D eigenvalue weighted by atomic mass is 10.1. The van der Waals surface area contributed by atoms with E-state index >= 15 is 0 Å². The van der Waals surface area contributed by atoms with Crippen LogP contribution in [0.2, 0.25) is 0 Å². The van der Waals surface area contributed by atoms with Crippen molar-refractivity contribution in [1.82, 2.24) is 5.32 Å². The van der Waals surface area contributed by atoms with E-state index in [1.165, 1.54) is 25.7 Å². The van der Waals surface area contributed by atoms with Gasteiger partial charge in [0.25, 0.3) is 0 Å². The van der Waals surface area contributed by atoms with Crippen LogP contribution in [0.3, 0.4) is 0 Å². The lowest BCUT2D eigenvalue weighted by molar-refractivity contribution is 0.534. The lowest BCUT2D eigenvalue weighted by Gasteiger charge is -2.26. The highest BCUT2D eigenvalue weighted by atomic mass is 19.1. The molecule has 2 rings (SSSR count). The zero-order chi connectivity index (χ0) is 14.5. The molecule has 2 nitrogen and oxygen atoms in total. The second-order valence-electron chi connectivity index (χ2n) is 6.31. The molecule has 0 atom stereocenters. The molecule has 1 saturated carbocycles. The Labute approximate surface area is 122 Å². The standard InChI is InChI=1S/C17H27FN2/c1-13(2)19-11-15-9-6-10-16(18)17(15)20(3)12-14-7-4-5-8-14/h6,9-10,13-14,19H,4-5,7-8,11-12H2,1-3H3. The fraction of sp³-hybridized carbons (Fsp3) is 0.647. The minimum atomic E-state index is -0.103. The van der Waals surface area contributed by atoms with E-state index in [0.717, 1.165) is 30.3 Å². The van der Waals surface area contributed by atoms with Gasteiger partial charge in [0.2, 0.25) is 0 Å². The van der Waals surface area contributed by atoms with Crippen molar-refractivity contribution in [2.24, 2.45) is 5.92 Å². The van der Waals surface area contributed by atoms with Gasteiger partial charge in [-0.25, -0.2) is 4.39 Å². The minimum absolute atomic E-state index is 0.103. The first-order valence-electron chi connectivity index (χ1n) is 7.80. The summed E-state index contributed by atoms with van der Waals surface area (Å²) in [5, 5.41) is 3.38. The van der Waals surface area contributed by atoms with Crippen LogP contribution in [0.15, 0.2) is 18.2 Å². The van der Waals surface area contributed by atoms with E-state index in [4.69, 9.17) is 0 Å². The van der Waals surface area contributed by atoms with Gasteiger partial charge in [-0.15, -0.1) is 0 Å². The van der Waals surface area contributed by atoms with Crippen LogP contribution in [0.4, 0.5) is 10.1 Å². The third-order valence-electron chi connectivity index (χ3n) is 4.16. The maximum Gasteiger partial charge on any atom is 0.146 e. The molecule has 1 aromatic carbocycles. The zero-order valence-corrected chi connectivity index (χ0v) is 13.0. The van der Waals surface area contributed by atoms with Crippen LogP contribution in [0.25, 0.3) is 0 Å². The summed E-state index contributed by atoms with van der Waals surface area (Å²) in [5.74, 6) is 0.624. The van der Waals surface area contributed by atoms with Crippen molar-refractivity contribution in [1.29, 1.82) is 0 Å². The lowest BCUT2D eigenvalue weighted by Crippen LogP contribution is -2.28. The number of para-hydroxylation sites is 1. The average Bonchev–Trinajstić information content (AvgIpc) is 2.88. The van der Waals surface area contributed by atoms with Crippen molar-refractivity contribution in [3.63, 3.8) is 0 Å². The third kappa shape index (κ3) is 3.95. The molecular weight excluding hydrogens is 251 g/mol. The highest BCUT2D eigenvalue weighted by Gasteiger charge is 2.20. The van der Waals surface area contributed by atoms with E-state index in [0.29, 0.717) is 6.04 Å². The van der Waals surface area contributed by atoms with Crippen LogP contribution >= 0.6 is 0 Å². The van der Waals surface area contributed by atoms with E-state index in [1.54, 1.807) is 12.1 Å². The molecule has 0 amide bonds. The van der Waals surface area contributed by atoms with Crippen molar-refractivity contribution in [3.05, 3.63) is 29.6 Å². The van der Waals surface area contributed by atoms with Crippen molar-refractivity contribution < 1.29 is 4.39 Å². The van der Waals surface area contributed by atoms with Gasteiger partial charge in [-0.1, -0.05) is 38.8 Å². The Hall–Kier alpha value is -1.09. The molecule has 20 heavy (non-hydrogen) atoms. The fourth-order valence-corrected chi connectivity index (χ4v) is 3.12. The quantitative estimate of drug-likeness (QED) is 0.847. The van der Waals surface area contributed by atoms with Gasteiger partial charge in [-0.3, -0.25) is 0 Å². The molecule has 0 unspecified atom stereocenters. The van der Waals surface area contributed by atoms with Gasteiger partial charge in [0.05, 0.1) is 5.69 Å².